The van der Waals surface area contributed by atoms with E-state index in [1.807, 2.05) is 0 Å². The molecule has 0 radical (unpaired) electrons. The van der Waals surface area contributed by atoms with Crippen LogP contribution < -0.4 is 5.32 Å². The van der Waals surface area contributed by atoms with Crippen LogP contribution in [0.1, 0.15) is 53.9 Å². The zero-order valence-electron chi connectivity index (χ0n) is 14.3. The highest BCUT2D eigenvalue weighted by Crippen LogP contribution is 2.41. The van der Waals surface area contributed by atoms with Gasteiger partial charge < -0.3 is 5.32 Å². The van der Waals surface area contributed by atoms with Gasteiger partial charge in [0.2, 0.25) is 0 Å². The molecule has 20 heavy (non-hydrogen) atoms. The predicted molar refractivity (Wildman–Crippen MR) is 87.2 cm³/mol. The molecule has 3 nitrogen and oxygen atoms in total. The highest BCUT2D eigenvalue weighted by molar-refractivity contribution is 5.03. The van der Waals surface area contributed by atoms with E-state index < -0.39 is 0 Å². The molecule has 0 aromatic heterocycles. The molecule has 0 aromatic rings. The second-order valence-corrected chi connectivity index (χ2v) is 7.29. The highest BCUT2D eigenvalue weighted by Gasteiger charge is 2.45. The SMILES string of the molecule is CCNC1C(N2CCC(N(CC)CC)C2)CCC1(C)C. The van der Waals surface area contributed by atoms with Gasteiger partial charge in [0.25, 0.3) is 0 Å². The molecule has 3 heteroatoms. The van der Waals surface area contributed by atoms with Crippen LogP contribution in [0.5, 0.6) is 0 Å². The van der Waals surface area contributed by atoms with Gasteiger partial charge in [-0.15, -0.1) is 0 Å². The van der Waals surface area contributed by atoms with Crippen LogP contribution in [-0.2, 0) is 0 Å². The summed E-state index contributed by atoms with van der Waals surface area (Å²) in [5.41, 5.74) is 0.452. The van der Waals surface area contributed by atoms with E-state index in [1.165, 1.54) is 45.4 Å². The summed E-state index contributed by atoms with van der Waals surface area (Å²) in [5.74, 6) is 0. The summed E-state index contributed by atoms with van der Waals surface area (Å²) in [6.45, 7) is 17.8. The van der Waals surface area contributed by atoms with E-state index in [0.29, 0.717) is 11.5 Å². The minimum atomic E-state index is 0.452. The lowest BCUT2D eigenvalue weighted by atomic mass is 9.86. The maximum absolute atomic E-state index is 3.78. The Hall–Kier alpha value is -0.120. The molecule has 1 saturated heterocycles. The number of hydrogen-bond acceptors (Lipinski definition) is 3. The molecule has 0 spiro atoms. The molecule has 1 heterocycles. The fourth-order valence-corrected chi connectivity index (χ4v) is 4.50. The molecular weight excluding hydrogens is 246 g/mol. The molecule has 1 N–H and O–H groups in total. The van der Waals surface area contributed by atoms with E-state index in [1.54, 1.807) is 0 Å². The van der Waals surface area contributed by atoms with Gasteiger partial charge in [0.05, 0.1) is 0 Å². The van der Waals surface area contributed by atoms with Crippen molar-refractivity contribution in [3.63, 3.8) is 0 Å². The third kappa shape index (κ3) is 3.20. The molecule has 2 fully saturated rings. The minimum absolute atomic E-state index is 0.452. The normalized spacial score (nSPS) is 34.2. The molecule has 2 aliphatic rings. The zero-order valence-corrected chi connectivity index (χ0v) is 14.3. The topological polar surface area (TPSA) is 18.5 Å². The Morgan fingerprint density at radius 1 is 1.15 bits per heavy atom. The van der Waals surface area contributed by atoms with E-state index in [-0.39, 0.29) is 0 Å². The number of likely N-dealkylation sites (N-methyl/N-ethyl adjacent to an activating group) is 2. The molecule has 2 rings (SSSR count). The van der Waals surface area contributed by atoms with Crippen LogP contribution in [-0.4, -0.2) is 60.6 Å². The smallest absolute Gasteiger partial charge is 0.0274 e. The largest absolute Gasteiger partial charge is 0.312 e. The maximum Gasteiger partial charge on any atom is 0.0274 e. The first-order chi connectivity index (χ1) is 9.53. The third-order valence-electron chi connectivity index (χ3n) is 5.73. The number of nitrogens with one attached hydrogen (secondary N) is 1. The molecule has 1 aliphatic heterocycles. The first-order valence-electron chi connectivity index (χ1n) is 8.75. The summed E-state index contributed by atoms with van der Waals surface area (Å²) in [6, 6.07) is 2.21. The van der Waals surface area contributed by atoms with Crippen molar-refractivity contribution in [3.05, 3.63) is 0 Å². The first kappa shape index (κ1) is 16.3. The first-order valence-corrected chi connectivity index (χ1v) is 8.75. The van der Waals surface area contributed by atoms with Crippen LogP contribution in [0.4, 0.5) is 0 Å². The summed E-state index contributed by atoms with van der Waals surface area (Å²) in [7, 11) is 0. The van der Waals surface area contributed by atoms with Crippen LogP contribution in [0.2, 0.25) is 0 Å². The van der Waals surface area contributed by atoms with Gasteiger partial charge in [-0.3, -0.25) is 9.80 Å². The Morgan fingerprint density at radius 2 is 1.85 bits per heavy atom. The van der Waals surface area contributed by atoms with Gasteiger partial charge in [-0.2, -0.15) is 0 Å². The fraction of sp³-hybridized carbons (Fsp3) is 1.00. The van der Waals surface area contributed by atoms with Crippen molar-refractivity contribution in [2.24, 2.45) is 5.41 Å². The van der Waals surface area contributed by atoms with Crippen molar-refractivity contribution in [3.8, 4) is 0 Å². The average molecular weight is 281 g/mol. The third-order valence-corrected chi connectivity index (χ3v) is 5.73. The molecule has 1 saturated carbocycles. The summed E-state index contributed by atoms with van der Waals surface area (Å²) in [4.78, 5) is 5.42. The van der Waals surface area contributed by atoms with E-state index in [9.17, 15) is 0 Å². The van der Waals surface area contributed by atoms with E-state index >= 15 is 0 Å². The van der Waals surface area contributed by atoms with Gasteiger partial charge in [-0.25, -0.2) is 0 Å². The fourth-order valence-electron chi connectivity index (χ4n) is 4.50. The predicted octanol–water partition coefficient (Wildman–Crippen LogP) is 2.57. The highest BCUT2D eigenvalue weighted by atomic mass is 15.3. The number of likely N-dealkylation sites (tertiary alicyclic amines) is 1. The van der Waals surface area contributed by atoms with Crippen molar-refractivity contribution in [1.29, 1.82) is 0 Å². The molecule has 0 aromatic carbocycles. The summed E-state index contributed by atoms with van der Waals surface area (Å²) in [5, 5.41) is 3.78. The summed E-state index contributed by atoms with van der Waals surface area (Å²) >= 11 is 0. The lowest BCUT2D eigenvalue weighted by Crippen LogP contribution is -2.51. The molecular formula is C17H35N3. The van der Waals surface area contributed by atoms with Crippen molar-refractivity contribution >= 4 is 0 Å². The van der Waals surface area contributed by atoms with Crippen molar-refractivity contribution in [2.45, 2.75) is 72.0 Å². The minimum Gasteiger partial charge on any atom is -0.312 e. The monoisotopic (exact) mass is 281 g/mol. The van der Waals surface area contributed by atoms with Gasteiger partial charge in [-0.05, 0) is 44.3 Å². The maximum atomic E-state index is 3.78. The van der Waals surface area contributed by atoms with Crippen LogP contribution in [0.25, 0.3) is 0 Å². The number of nitrogens with zero attached hydrogens (tertiary/aromatic N) is 2. The van der Waals surface area contributed by atoms with Crippen LogP contribution >= 0.6 is 0 Å². The van der Waals surface area contributed by atoms with E-state index in [2.05, 4.69) is 49.7 Å². The molecule has 118 valence electrons. The van der Waals surface area contributed by atoms with Crippen molar-refractivity contribution < 1.29 is 0 Å². The Labute approximate surface area is 126 Å². The number of hydrogen-bond donors (Lipinski definition) is 1. The van der Waals surface area contributed by atoms with Gasteiger partial charge in [0.1, 0.15) is 0 Å². The number of rotatable bonds is 6. The molecule has 1 aliphatic carbocycles. The lowest BCUT2D eigenvalue weighted by Gasteiger charge is -2.36. The van der Waals surface area contributed by atoms with Gasteiger partial charge >= 0.3 is 0 Å². The molecule has 3 atom stereocenters. The second kappa shape index (κ2) is 6.76. The van der Waals surface area contributed by atoms with Crippen LogP contribution in [0, 0.1) is 5.41 Å². The summed E-state index contributed by atoms with van der Waals surface area (Å²) in [6.07, 6.45) is 4.09. The van der Waals surface area contributed by atoms with E-state index in [4.69, 9.17) is 0 Å². The van der Waals surface area contributed by atoms with Crippen LogP contribution in [0.15, 0.2) is 0 Å². The Bertz CT molecular complexity index is 299. The zero-order chi connectivity index (χ0) is 14.8. The Morgan fingerprint density at radius 3 is 2.45 bits per heavy atom. The molecule has 0 amide bonds. The van der Waals surface area contributed by atoms with Crippen molar-refractivity contribution in [1.82, 2.24) is 15.1 Å². The Balaban J connectivity index is 1.98. The van der Waals surface area contributed by atoms with Crippen molar-refractivity contribution in [2.75, 3.05) is 32.7 Å². The summed E-state index contributed by atoms with van der Waals surface area (Å²) < 4.78 is 0. The average Bonchev–Trinajstić information content (AvgIpc) is 2.98. The molecule has 3 unspecified atom stereocenters. The van der Waals surface area contributed by atoms with Crippen LogP contribution in [0.3, 0.4) is 0 Å². The van der Waals surface area contributed by atoms with E-state index in [0.717, 1.165) is 18.6 Å². The van der Waals surface area contributed by atoms with Gasteiger partial charge in [-0.1, -0.05) is 34.6 Å². The Kier molecular flexibility index (Phi) is 5.49. The molecule has 0 bridgehead atoms. The van der Waals surface area contributed by atoms with Gasteiger partial charge in [0, 0.05) is 31.2 Å². The quantitative estimate of drug-likeness (QED) is 0.807. The van der Waals surface area contributed by atoms with Gasteiger partial charge in [0.15, 0.2) is 0 Å². The second-order valence-electron chi connectivity index (χ2n) is 7.29. The standard InChI is InChI=1S/C17H35N3/c1-6-18-16-15(9-11-17(16,4)5)20-12-10-14(13-20)19(7-2)8-3/h14-16,18H,6-13H2,1-5H3. The lowest BCUT2D eigenvalue weighted by molar-refractivity contribution is 0.152.